The maximum absolute atomic E-state index is 11.8. The number of hydrogen-bond donors (Lipinski definition) is 3. The number of nitro groups is 1. The summed E-state index contributed by atoms with van der Waals surface area (Å²) in [4.78, 5) is 22.3. The molecule has 1 aliphatic heterocycles. The average molecular weight is 392 g/mol. The predicted octanol–water partition coefficient (Wildman–Crippen LogP) is 0.955. The van der Waals surface area contributed by atoms with Crippen molar-refractivity contribution < 1.29 is 19.6 Å². The van der Waals surface area contributed by atoms with E-state index < -0.39 is 11.0 Å². The van der Waals surface area contributed by atoms with Crippen molar-refractivity contribution >= 4 is 35.8 Å². The van der Waals surface area contributed by atoms with Crippen LogP contribution < -0.4 is 15.4 Å². The maximum Gasteiger partial charge on any atom is 0.311 e. The summed E-state index contributed by atoms with van der Waals surface area (Å²) in [7, 11) is 1.39. The number of ether oxygens (including phenoxy) is 1. The van der Waals surface area contributed by atoms with Crippen molar-refractivity contribution in [1.82, 2.24) is 10.6 Å². The summed E-state index contributed by atoms with van der Waals surface area (Å²) >= 11 is 1.38. The summed E-state index contributed by atoms with van der Waals surface area (Å²) in [6.07, 6.45) is -0.419. The molecule has 1 saturated heterocycles. The largest absolute Gasteiger partial charge is 0.490 e. The first-order valence-corrected chi connectivity index (χ1v) is 8.71. The quantitative estimate of drug-likeness (QED) is 0.446. The molecule has 0 bridgehead atoms. The maximum atomic E-state index is 11.8. The van der Waals surface area contributed by atoms with Gasteiger partial charge in [-0.05, 0) is 11.6 Å². The van der Waals surface area contributed by atoms with E-state index in [1.54, 1.807) is 12.1 Å². The first kappa shape index (κ1) is 21.5. The molecule has 1 aromatic carbocycles. The van der Waals surface area contributed by atoms with E-state index in [-0.39, 0.29) is 41.4 Å². The standard InChI is InChI=1S/C15H21N3O5S.ClH/c1-23-14-3-2-10(4-12(14)18(21)22)8-24-9-15(20)17-6-11-5-16-7-13(11)19;/h2-4,11,13,16,19H,5-9H2,1H3,(H,17,20);1H. The molecular weight excluding hydrogens is 370 g/mol. The molecule has 2 atom stereocenters. The number of nitrogens with zero attached hydrogens (tertiary/aromatic N) is 1. The lowest BCUT2D eigenvalue weighted by Crippen LogP contribution is -2.35. The number of nitro benzene ring substituents is 1. The van der Waals surface area contributed by atoms with Crippen LogP contribution in [0.4, 0.5) is 5.69 Å². The Hall–Kier alpha value is -1.55. The molecular formula is C15H22ClN3O5S. The van der Waals surface area contributed by atoms with Crippen LogP contribution in [0.3, 0.4) is 0 Å². The van der Waals surface area contributed by atoms with Gasteiger partial charge in [0.1, 0.15) is 0 Å². The molecule has 1 amide bonds. The smallest absolute Gasteiger partial charge is 0.311 e. The van der Waals surface area contributed by atoms with Crippen molar-refractivity contribution in [1.29, 1.82) is 0 Å². The minimum atomic E-state index is -0.485. The van der Waals surface area contributed by atoms with Crippen LogP contribution in [0.25, 0.3) is 0 Å². The number of aliphatic hydroxyl groups excluding tert-OH is 1. The third-order valence-electron chi connectivity index (χ3n) is 3.81. The molecule has 1 fully saturated rings. The Kier molecular flexibility index (Phi) is 8.98. The van der Waals surface area contributed by atoms with E-state index in [9.17, 15) is 20.0 Å². The molecule has 8 nitrogen and oxygen atoms in total. The Morgan fingerprint density at radius 2 is 2.28 bits per heavy atom. The summed E-state index contributed by atoms with van der Waals surface area (Å²) in [6.45, 7) is 1.71. The summed E-state index contributed by atoms with van der Waals surface area (Å²) in [5, 5.41) is 26.5. The van der Waals surface area contributed by atoms with Gasteiger partial charge in [0, 0.05) is 37.4 Å². The molecule has 1 heterocycles. The first-order valence-electron chi connectivity index (χ1n) is 7.55. The van der Waals surface area contributed by atoms with E-state index >= 15 is 0 Å². The molecule has 0 radical (unpaired) electrons. The third-order valence-corrected chi connectivity index (χ3v) is 4.81. The summed E-state index contributed by atoms with van der Waals surface area (Å²) < 4.78 is 4.96. The van der Waals surface area contributed by atoms with Gasteiger partial charge in [0.25, 0.3) is 0 Å². The minimum absolute atomic E-state index is 0. The Balaban J connectivity index is 0.00000312. The van der Waals surface area contributed by atoms with Crippen molar-refractivity contribution in [2.24, 2.45) is 5.92 Å². The highest BCUT2D eigenvalue weighted by molar-refractivity contribution is 7.99. The molecule has 2 rings (SSSR count). The molecule has 0 saturated carbocycles. The average Bonchev–Trinajstić information content (AvgIpc) is 2.98. The van der Waals surface area contributed by atoms with Crippen LogP contribution in [-0.2, 0) is 10.5 Å². The number of methoxy groups -OCH3 is 1. The lowest BCUT2D eigenvalue weighted by molar-refractivity contribution is -0.385. The molecule has 0 aliphatic carbocycles. The normalized spacial score (nSPS) is 19.1. The lowest BCUT2D eigenvalue weighted by atomic mass is 10.1. The number of halogens is 1. The molecule has 0 aromatic heterocycles. The van der Waals surface area contributed by atoms with Crippen LogP contribution in [0, 0.1) is 16.0 Å². The molecule has 2 unspecified atom stereocenters. The second-order valence-electron chi connectivity index (χ2n) is 5.55. The van der Waals surface area contributed by atoms with Gasteiger partial charge in [-0.25, -0.2) is 0 Å². The number of aliphatic hydroxyl groups is 1. The molecule has 1 aromatic rings. The van der Waals surface area contributed by atoms with Gasteiger partial charge in [0.05, 0.1) is 23.9 Å². The van der Waals surface area contributed by atoms with Crippen LogP contribution in [-0.4, -0.2) is 54.5 Å². The van der Waals surface area contributed by atoms with E-state index in [1.807, 2.05) is 0 Å². The van der Waals surface area contributed by atoms with Crippen molar-refractivity contribution in [2.45, 2.75) is 11.9 Å². The zero-order valence-electron chi connectivity index (χ0n) is 13.8. The number of carbonyl (C=O) groups is 1. The van der Waals surface area contributed by atoms with E-state index in [2.05, 4.69) is 10.6 Å². The van der Waals surface area contributed by atoms with Crippen molar-refractivity contribution in [2.75, 3.05) is 32.5 Å². The second-order valence-corrected chi connectivity index (χ2v) is 6.53. The molecule has 3 N–H and O–H groups in total. The first-order chi connectivity index (χ1) is 11.5. The molecule has 25 heavy (non-hydrogen) atoms. The molecule has 1 aliphatic rings. The van der Waals surface area contributed by atoms with Crippen molar-refractivity contribution in [3.05, 3.63) is 33.9 Å². The highest BCUT2D eigenvalue weighted by Gasteiger charge is 2.24. The SMILES string of the molecule is COc1ccc(CSCC(=O)NCC2CNCC2O)cc1[N+](=O)[O-].Cl. The molecule has 140 valence electrons. The predicted molar refractivity (Wildman–Crippen MR) is 98.4 cm³/mol. The van der Waals surface area contributed by atoms with Crippen molar-refractivity contribution in [3.63, 3.8) is 0 Å². The highest BCUT2D eigenvalue weighted by Crippen LogP contribution is 2.28. The van der Waals surface area contributed by atoms with Gasteiger partial charge >= 0.3 is 5.69 Å². The summed E-state index contributed by atoms with van der Waals surface area (Å²) in [6, 6.07) is 4.77. The van der Waals surface area contributed by atoms with Gasteiger partial charge in [0.15, 0.2) is 5.75 Å². The van der Waals surface area contributed by atoms with Crippen molar-refractivity contribution in [3.8, 4) is 5.75 Å². The van der Waals surface area contributed by atoms with Crippen LogP contribution >= 0.6 is 24.2 Å². The molecule has 0 spiro atoms. The Bertz CT molecular complexity index is 605. The van der Waals surface area contributed by atoms with Crippen LogP contribution in [0.2, 0.25) is 0 Å². The fourth-order valence-electron chi connectivity index (χ4n) is 2.45. The van der Waals surface area contributed by atoms with Gasteiger partial charge in [-0.15, -0.1) is 24.2 Å². The van der Waals surface area contributed by atoms with Gasteiger partial charge in [-0.3, -0.25) is 14.9 Å². The monoisotopic (exact) mass is 391 g/mol. The van der Waals surface area contributed by atoms with Gasteiger partial charge in [-0.2, -0.15) is 0 Å². The number of carbonyl (C=O) groups excluding carboxylic acids is 1. The number of benzene rings is 1. The number of amides is 1. The summed E-state index contributed by atoms with van der Waals surface area (Å²) in [5.41, 5.74) is 0.679. The van der Waals surface area contributed by atoms with Gasteiger partial charge < -0.3 is 20.5 Å². The van der Waals surface area contributed by atoms with E-state index in [0.717, 1.165) is 5.56 Å². The minimum Gasteiger partial charge on any atom is -0.490 e. The van der Waals surface area contributed by atoms with E-state index in [0.29, 0.717) is 25.4 Å². The highest BCUT2D eigenvalue weighted by atomic mass is 35.5. The topological polar surface area (TPSA) is 114 Å². The van der Waals surface area contributed by atoms with Gasteiger partial charge in [0.2, 0.25) is 5.91 Å². The number of nitrogens with one attached hydrogen (secondary N) is 2. The zero-order valence-corrected chi connectivity index (χ0v) is 15.4. The van der Waals surface area contributed by atoms with E-state index in [4.69, 9.17) is 4.74 Å². The fraction of sp³-hybridized carbons (Fsp3) is 0.533. The van der Waals surface area contributed by atoms with Crippen LogP contribution in [0.5, 0.6) is 5.75 Å². The Labute approximate surface area is 156 Å². The lowest BCUT2D eigenvalue weighted by Gasteiger charge is -2.13. The number of hydrogen-bond acceptors (Lipinski definition) is 7. The third kappa shape index (κ3) is 6.35. The van der Waals surface area contributed by atoms with Gasteiger partial charge in [-0.1, -0.05) is 6.07 Å². The van der Waals surface area contributed by atoms with Crippen LogP contribution in [0.1, 0.15) is 5.56 Å². The fourth-order valence-corrected chi connectivity index (χ4v) is 3.26. The number of β-amino-alcohol motifs (C(OH)–C–C–N with tert-alkyl or cyclic N) is 1. The van der Waals surface area contributed by atoms with Crippen LogP contribution in [0.15, 0.2) is 18.2 Å². The molecule has 10 heteroatoms. The second kappa shape index (κ2) is 10.4. The zero-order chi connectivity index (χ0) is 17.5. The number of rotatable bonds is 8. The summed E-state index contributed by atoms with van der Waals surface area (Å²) in [5.74, 6) is 0.905. The Morgan fingerprint density at radius 1 is 1.52 bits per heavy atom. The Morgan fingerprint density at radius 3 is 2.88 bits per heavy atom. The number of thioether (sulfide) groups is 1. The van der Waals surface area contributed by atoms with E-state index in [1.165, 1.54) is 24.9 Å².